The van der Waals surface area contributed by atoms with E-state index in [1.54, 1.807) is 11.3 Å². The molecule has 1 aliphatic rings. The third-order valence-electron chi connectivity index (χ3n) is 4.68. The van der Waals surface area contributed by atoms with E-state index in [0.29, 0.717) is 0 Å². The van der Waals surface area contributed by atoms with Crippen LogP contribution in [0.5, 0.6) is 0 Å². The highest BCUT2D eigenvalue weighted by molar-refractivity contribution is 7.22. The molecule has 124 valence electrons. The summed E-state index contributed by atoms with van der Waals surface area (Å²) < 4.78 is 1.09. The summed E-state index contributed by atoms with van der Waals surface area (Å²) in [4.78, 5) is 19.4. The van der Waals surface area contributed by atoms with Gasteiger partial charge in [0.15, 0.2) is 5.13 Å². The second-order valence-electron chi connectivity index (χ2n) is 6.63. The van der Waals surface area contributed by atoms with Crippen LogP contribution in [0.4, 0.5) is 5.13 Å². The van der Waals surface area contributed by atoms with Crippen LogP contribution in [0, 0.1) is 5.92 Å². The second kappa shape index (κ2) is 6.87. The lowest BCUT2D eigenvalue weighted by atomic mass is 10.00. The van der Waals surface area contributed by atoms with Crippen LogP contribution < -0.4 is 10.2 Å². The predicted molar refractivity (Wildman–Crippen MR) is 97.5 cm³/mol. The van der Waals surface area contributed by atoms with Gasteiger partial charge < -0.3 is 10.2 Å². The van der Waals surface area contributed by atoms with Crippen LogP contribution in [0.25, 0.3) is 10.2 Å². The lowest BCUT2D eigenvalue weighted by Gasteiger charge is -2.29. The van der Waals surface area contributed by atoms with E-state index in [-0.39, 0.29) is 11.9 Å². The van der Waals surface area contributed by atoms with E-state index < -0.39 is 0 Å². The van der Waals surface area contributed by atoms with E-state index in [1.807, 2.05) is 25.1 Å². The van der Waals surface area contributed by atoms with Crippen molar-refractivity contribution >= 4 is 32.6 Å². The minimum Gasteiger partial charge on any atom is -0.350 e. The third kappa shape index (κ3) is 3.66. The van der Waals surface area contributed by atoms with E-state index in [2.05, 4.69) is 24.1 Å². The van der Waals surface area contributed by atoms with Crippen molar-refractivity contribution < 1.29 is 4.79 Å². The van der Waals surface area contributed by atoms with Crippen molar-refractivity contribution in [2.24, 2.45) is 5.92 Å². The van der Waals surface area contributed by atoms with Gasteiger partial charge in [0.25, 0.3) is 5.91 Å². The van der Waals surface area contributed by atoms with E-state index >= 15 is 0 Å². The Morgan fingerprint density at radius 1 is 1.43 bits per heavy atom. The molecule has 1 N–H and O–H groups in total. The van der Waals surface area contributed by atoms with E-state index in [1.165, 1.54) is 12.8 Å². The maximum absolute atomic E-state index is 12.3. The van der Waals surface area contributed by atoms with Gasteiger partial charge in [-0.15, -0.1) is 0 Å². The summed E-state index contributed by atoms with van der Waals surface area (Å²) in [5, 5.41) is 4.11. The van der Waals surface area contributed by atoms with Gasteiger partial charge in [-0.2, -0.15) is 0 Å². The molecule has 1 aliphatic heterocycles. The van der Waals surface area contributed by atoms with Gasteiger partial charge in [-0.25, -0.2) is 4.98 Å². The second-order valence-corrected chi connectivity index (χ2v) is 7.64. The molecule has 0 saturated carbocycles. The maximum atomic E-state index is 12.3. The molecule has 5 heteroatoms. The molecule has 1 fully saturated rings. The minimum absolute atomic E-state index is 0.00278. The molecule has 1 aromatic carbocycles. The van der Waals surface area contributed by atoms with Crippen LogP contribution in [-0.4, -0.2) is 30.0 Å². The van der Waals surface area contributed by atoms with Gasteiger partial charge in [0.05, 0.1) is 10.2 Å². The topological polar surface area (TPSA) is 45.2 Å². The van der Waals surface area contributed by atoms with Crippen molar-refractivity contribution in [2.45, 2.75) is 46.1 Å². The van der Waals surface area contributed by atoms with Crippen LogP contribution in [0.3, 0.4) is 0 Å². The molecule has 0 unspecified atom stereocenters. The maximum Gasteiger partial charge on any atom is 0.251 e. The number of fused-ring (bicyclic) bond motifs is 1. The summed E-state index contributed by atoms with van der Waals surface area (Å²) in [5.74, 6) is 0.819. The van der Waals surface area contributed by atoms with Crippen molar-refractivity contribution in [2.75, 3.05) is 18.0 Å². The zero-order valence-corrected chi connectivity index (χ0v) is 14.9. The van der Waals surface area contributed by atoms with Gasteiger partial charge in [0.1, 0.15) is 0 Å². The van der Waals surface area contributed by atoms with Crippen molar-refractivity contribution in [3.8, 4) is 0 Å². The fourth-order valence-electron chi connectivity index (χ4n) is 2.80. The average Bonchev–Trinajstić information content (AvgIpc) is 2.98. The van der Waals surface area contributed by atoms with Crippen molar-refractivity contribution in [1.29, 1.82) is 0 Å². The summed E-state index contributed by atoms with van der Waals surface area (Å²) in [6, 6.07) is 6.02. The first-order valence-corrected chi connectivity index (χ1v) is 9.35. The molecule has 2 aromatic rings. The van der Waals surface area contributed by atoms with Crippen LogP contribution in [0.2, 0.25) is 0 Å². The highest BCUT2D eigenvalue weighted by Crippen LogP contribution is 2.32. The standard InChI is InChI=1S/C18H25N3OS/c1-4-13(3)19-17(22)14-5-6-15-16(11-14)23-18(20-15)21-9-7-12(2)8-10-21/h5-6,11-13H,4,7-10H2,1-3H3,(H,19,22)/t13-/m1/s1. The number of aromatic nitrogens is 1. The summed E-state index contributed by atoms with van der Waals surface area (Å²) in [7, 11) is 0. The highest BCUT2D eigenvalue weighted by Gasteiger charge is 2.19. The average molecular weight is 331 g/mol. The first-order chi connectivity index (χ1) is 11.1. The number of nitrogens with zero attached hydrogens (tertiary/aromatic N) is 2. The van der Waals surface area contributed by atoms with Crippen molar-refractivity contribution in [1.82, 2.24) is 10.3 Å². The number of piperidine rings is 1. The summed E-state index contributed by atoms with van der Waals surface area (Å²) in [5.41, 5.74) is 1.71. The van der Waals surface area contributed by atoms with Gasteiger partial charge in [-0.3, -0.25) is 4.79 Å². The molecule has 1 atom stereocenters. The molecule has 23 heavy (non-hydrogen) atoms. The van der Waals surface area contributed by atoms with Crippen molar-refractivity contribution in [3.63, 3.8) is 0 Å². The van der Waals surface area contributed by atoms with Crippen LogP contribution >= 0.6 is 11.3 Å². The zero-order valence-electron chi connectivity index (χ0n) is 14.1. The van der Waals surface area contributed by atoms with E-state index in [9.17, 15) is 4.79 Å². The predicted octanol–water partition coefficient (Wildman–Crippen LogP) is 4.06. The minimum atomic E-state index is 0.00278. The molecule has 2 heterocycles. The fourth-order valence-corrected chi connectivity index (χ4v) is 3.85. The Kier molecular flexibility index (Phi) is 4.85. The Morgan fingerprint density at radius 3 is 2.87 bits per heavy atom. The molecule has 1 aromatic heterocycles. The Bertz CT molecular complexity index is 689. The third-order valence-corrected chi connectivity index (χ3v) is 5.76. The van der Waals surface area contributed by atoms with Crippen LogP contribution in [0.1, 0.15) is 50.4 Å². The van der Waals surface area contributed by atoms with Crippen molar-refractivity contribution in [3.05, 3.63) is 23.8 Å². The molecule has 4 nitrogen and oxygen atoms in total. The SMILES string of the molecule is CC[C@@H](C)NC(=O)c1ccc2nc(N3CCC(C)CC3)sc2c1. The normalized spacial score (nSPS) is 17.4. The Morgan fingerprint density at radius 2 is 2.17 bits per heavy atom. The number of benzene rings is 1. The Hall–Kier alpha value is -1.62. The van der Waals surface area contributed by atoms with E-state index in [0.717, 1.165) is 46.3 Å². The quantitative estimate of drug-likeness (QED) is 0.919. The first kappa shape index (κ1) is 16.2. The number of hydrogen-bond acceptors (Lipinski definition) is 4. The number of carbonyl (C=O) groups excluding carboxylic acids is 1. The van der Waals surface area contributed by atoms with Gasteiger partial charge >= 0.3 is 0 Å². The van der Waals surface area contributed by atoms with Gasteiger partial charge in [-0.05, 0) is 50.3 Å². The number of rotatable bonds is 4. The largest absolute Gasteiger partial charge is 0.350 e. The molecule has 0 aliphatic carbocycles. The molecular formula is C18H25N3OS. The summed E-state index contributed by atoms with van der Waals surface area (Å²) >= 11 is 1.70. The van der Waals surface area contributed by atoms with Crippen LogP contribution in [-0.2, 0) is 0 Å². The number of anilines is 1. The highest BCUT2D eigenvalue weighted by atomic mass is 32.1. The number of hydrogen-bond donors (Lipinski definition) is 1. The van der Waals surface area contributed by atoms with Crippen LogP contribution in [0.15, 0.2) is 18.2 Å². The molecule has 0 bridgehead atoms. The lowest BCUT2D eigenvalue weighted by molar-refractivity contribution is 0.0939. The summed E-state index contributed by atoms with van der Waals surface area (Å²) in [6.45, 7) is 8.59. The smallest absolute Gasteiger partial charge is 0.251 e. The molecule has 3 rings (SSSR count). The summed E-state index contributed by atoms with van der Waals surface area (Å²) in [6.07, 6.45) is 3.41. The fraction of sp³-hybridized carbons (Fsp3) is 0.556. The monoisotopic (exact) mass is 331 g/mol. The molecule has 1 saturated heterocycles. The van der Waals surface area contributed by atoms with Gasteiger partial charge in [0, 0.05) is 24.7 Å². The molecule has 0 radical (unpaired) electrons. The Balaban J connectivity index is 1.79. The number of thiazole rings is 1. The number of carbonyl (C=O) groups is 1. The first-order valence-electron chi connectivity index (χ1n) is 8.53. The molecule has 0 spiro atoms. The molecule has 1 amide bonds. The zero-order chi connectivity index (χ0) is 16.4. The van der Waals surface area contributed by atoms with Gasteiger partial charge in [0.2, 0.25) is 0 Å². The van der Waals surface area contributed by atoms with Gasteiger partial charge in [-0.1, -0.05) is 25.2 Å². The number of nitrogens with one attached hydrogen (secondary N) is 1. The number of amides is 1. The lowest BCUT2D eigenvalue weighted by Crippen LogP contribution is -2.32. The molecular weight excluding hydrogens is 306 g/mol. The Labute approximate surface area is 141 Å². The van der Waals surface area contributed by atoms with E-state index in [4.69, 9.17) is 4.98 Å².